The molecule has 1 aromatic carbocycles. The van der Waals surface area contributed by atoms with Crippen LogP contribution in [-0.2, 0) is 24.8 Å². The Kier molecular flexibility index (Phi) is 6.61. The normalized spacial score (nSPS) is 18.8. The first kappa shape index (κ1) is 20.3. The second-order valence-corrected chi connectivity index (χ2v) is 10.1. The van der Waals surface area contributed by atoms with Crippen molar-refractivity contribution in [3.63, 3.8) is 0 Å². The van der Waals surface area contributed by atoms with Crippen molar-refractivity contribution in [3.05, 3.63) is 29.3 Å². The van der Waals surface area contributed by atoms with E-state index >= 15 is 0 Å². The van der Waals surface area contributed by atoms with Crippen molar-refractivity contribution in [2.24, 2.45) is 0 Å². The molecule has 9 heteroatoms. The third-order valence-electron chi connectivity index (χ3n) is 4.17. The molecule has 1 saturated heterocycles. The van der Waals surface area contributed by atoms with Gasteiger partial charge in [-0.05, 0) is 38.3 Å². The van der Waals surface area contributed by atoms with Crippen LogP contribution in [0.25, 0.3) is 0 Å². The molecule has 25 heavy (non-hydrogen) atoms. The molecular formula is C16H26N2O5S2. The van der Waals surface area contributed by atoms with E-state index in [9.17, 15) is 16.8 Å². The van der Waals surface area contributed by atoms with Crippen molar-refractivity contribution in [3.8, 4) is 0 Å². The van der Waals surface area contributed by atoms with Gasteiger partial charge in [0.15, 0.2) is 0 Å². The summed E-state index contributed by atoms with van der Waals surface area (Å²) in [5.41, 5.74) is 1.64. The number of nitrogens with zero attached hydrogens (tertiary/aromatic N) is 1. The van der Waals surface area contributed by atoms with Crippen LogP contribution in [0.1, 0.15) is 24.0 Å². The number of aryl methyl sites for hydroxylation is 2. The van der Waals surface area contributed by atoms with Gasteiger partial charge in [-0.3, -0.25) is 0 Å². The van der Waals surface area contributed by atoms with Crippen LogP contribution in [-0.4, -0.2) is 59.7 Å². The predicted octanol–water partition coefficient (Wildman–Crippen LogP) is 1.02. The van der Waals surface area contributed by atoms with Crippen LogP contribution in [0.4, 0.5) is 0 Å². The van der Waals surface area contributed by atoms with Crippen molar-refractivity contribution >= 4 is 20.0 Å². The van der Waals surface area contributed by atoms with E-state index in [1.165, 1.54) is 4.31 Å². The van der Waals surface area contributed by atoms with Crippen LogP contribution < -0.4 is 4.72 Å². The highest BCUT2D eigenvalue weighted by Crippen LogP contribution is 2.17. The van der Waals surface area contributed by atoms with Gasteiger partial charge in [0.2, 0.25) is 20.0 Å². The van der Waals surface area contributed by atoms with Crippen LogP contribution in [0.3, 0.4) is 0 Å². The minimum Gasteiger partial charge on any atom is -0.377 e. The van der Waals surface area contributed by atoms with Gasteiger partial charge in [0, 0.05) is 26.2 Å². The number of nitrogens with one attached hydrogen (secondary N) is 1. The van der Waals surface area contributed by atoms with E-state index < -0.39 is 20.0 Å². The lowest BCUT2D eigenvalue weighted by Gasteiger charge is -2.23. The Morgan fingerprint density at radius 2 is 1.96 bits per heavy atom. The zero-order valence-electron chi connectivity index (χ0n) is 14.9. The van der Waals surface area contributed by atoms with Crippen LogP contribution in [0.2, 0.25) is 0 Å². The highest BCUT2D eigenvalue weighted by atomic mass is 32.2. The Balaban J connectivity index is 2.00. The fraction of sp³-hybridized carbons (Fsp3) is 0.625. The van der Waals surface area contributed by atoms with Crippen molar-refractivity contribution in [2.45, 2.75) is 37.7 Å². The first-order valence-electron chi connectivity index (χ1n) is 8.23. The Morgan fingerprint density at radius 1 is 1.24 bits per heavy atom. The van der Waals surface area contributed by atoms with E-state index in [0.29, 0.717) is 12.2 Å². The lowest BCUT2D eigenvalue weighted by Crippen LogP contribution is -2.41. The van der Waals surface area contributed by atoms with Gasteiger partial charge in [-0.2, -0.15) is 4.31 Å². The topological polar surface area (TPSA) is 92.8 Å². The molecule has 0 spiro atoms. The molecule has 2 rings (SSSR count). The molecule has 0 aliphatic carbocycles. The van der Waals surface area contributed by atoms with Gasteiger partial charge in [0.1, 0.15) is 0 Å². The highest BCUT2D eigenvalue weighted by molar-refractivity contribution is 7.89. The van der Waals surface area contributed by atoms with E-state index in [4.69, 9.17) is 4.74 Å². The van der Waals surface area contributed by atoms with Crippen molar-refractivity contribution in [1.82, 2.24) is 9.03 Å². The van der Waals surface area contributed by atoms with Gasteiger partial charge in [-0.1, -0.05) is 17.7 Å². The third kappa shape index (κ3) is 5.75. The SMILES string of the molecule is Cc1ccc(S(=O)(=O)NCCN(CC2CCCO2)S(C)(=O)=O)c(C)c1. The summed E-state index contributed by atoms with van der Waals surface area (Å²) >= 11 is 0. The molecule has 1 fully saturated rings. The summed E-state index contributed by atoms with van der Waals surface area (Å²) in [5.74, 6) is 0. The third-order valence-corrected chi connectivity index (χ3v) is 7.06. The molecule has 1 aromatic rings. The standard InChI is InChI=1S/C16H26N2O5S2/c1-13-6-7-16(14(2)11-13)25(21,22)17-8-9-18(24(3,19)20)12-15-5-4-10-23-15/h6-7,11,15,17H,4-5,8-10,12H2,1-3H3. The lowest BCUT2D eigenvalue weighted by atomic mass is 10.2. The van der Waals surface area contributed by atoms with Gasteiger partial charge in [-0.25, -0.2) is 21.6 Å². The molecule has 1 aliphatic rings. The van der Waals surface area contributed by atoms with Gasteiger partial charge in [0.25, 0.3) is 0 Å². The maximum Gasteiger partial charge on any atom is 0.240 e. The fourth-order valence-electron chi connectivity index (χ4n) is 2.89. The average molecular weight is 391 g/mol. The summed E-state index contributed by atoms with van der Waals surface area (Å²) in [6, 6.07) is 5.10. The maximum atomic E-state index is 12.4. The predicted molar refractivity (Wildman–Crippen MR) is 96.5 cm³/mol. The molecule has 1 atom stereocenters. The molecule has 1 heterocycles. The summed E-state index contributed by atoms with van der Waals surface area (Å²) in [4.78, 5) is 0.211. The van der Waals surface area contributed by atoms with Crippen molar-refractivity contribution in [1.29, 1.82) is 0 Å². The lowest BCUT2D eigenvalue weighted by molar-refractivity contribution is 0.0943. The van der Waals surface area contributed by atoms with E-state index in [2.05, 4.69) is 4.72 Å². The van der Waals surface area contributed by atoms with Crippen LogP contribution >= 0.6 is 0 Å². The second-order valence-electron chi connectivity index (χ2n) is 6.42. The molecule has 1 aliphatic heterocycles. The minimum atomic E-state index is -3.68. The molecule has 0 saturated carbocycles. The van der Waals surface area contributed by atoms with E-state index in [0.717, 1.165) is 24.7 Å². The molecule has 0 bridgehead atoms. The van der Waals surface area contributed by atoms with Gasteiger partial charge >= 0.3 is 0 Å². The summed E-state index contributed by atoms with van der Waals surface area (Å²) in [7, 11) is -7.11. The minimum absolute atomic E-state index is 0.00936. The smallest absolute Gasteiger partial charge is 0.240 e. The number of hydrogen-bond acceptors (Lipinski definition) is 5. The van der Waals surface area contributed by atoms with Crippen molar-refractivity contribution < 1.29 is 21.6 Å². The largest absolute Gasteiger partial charge is 0.377 e. The van der Waals surface area contributed by atoms with Crippen LogP contribution in [0.5, 0.6) is 0 Å². The molecule has 1 N–H and O–H groups in total. The zero-order valence-corrected chi connectivity index (χ0v) is 16.5. The first-order chi connectivity index (χ1) is 11.6. The molecule has 1 unspecified atom stereocenters. The van der Waals surface area contributed by atoms with E-state index in [1.807, 2.05) is 6.92 Å². The first-order valence-corrected chi connectivity index (χ1v) is 11.6. The summed E-state index contributed by atoms with van der Waals surface area (Å²) in [6.07, 6.45) is 2.74. The Labute approximate surface area is 150 Å². The van der Waals surface area contributed by atoms with Gasteiger partial charge in [-0.15, -0.1) is 0 Å². The summed E-state index contributed by atoms with van der Waals surface area (Å²) in [5, 5.41) is 0. The Hall–Kier alpha value is -1.00. The van der Waals surface area contributed by atoms with Crippen molar-refractivity contribution in [2.75, 3.05) is 32.5 Å². The number of benzene rings is 1. The average Bonchev–Trinajstić information content (AvgIpc) is 2.97. The monoisotopic (exact) mass is 390 g/mol. The van der Waals surface area contributed by atoms with Crippen LogP contribution in [0, 0.1) is 13.8 Å². The van der Waals surface area contributed by atoms with Crippen LogP contribution in [0.15, 0.2) is 23.1 Å². The number of sulfonamides is 2. The summed E-state index contributed by atoms with van der Waals surface area (Å²) in [6.45, 7) is 4.61. The fourth-order valence-corrected chi connectivity index (χ4v) is 5.00. The summed E-state index contributed by atoms with van der Waals surface area (Å²) < 4.78 is 58.0. The molecule has 142 valence electrons. The number of rotatable bonds is 8. The second kappa shape index (κ2) is 8.13. The van der Waals surface area contributed by atoms with E-state index in [-0.39, 0.29) is 30.6 Å². The van der Waals surface area contributed by atoms with Gasteiger partial charge in [0.05, 0.1) is 17.3 Å². The zero-order chi connectivity index (χ0) is 18.7. The number of hydrogen-bond donors (Lipinski definition) is 1. The molecule has 0 aromatic heterocycles. The van der Waals surface area contributed by atoms with Gasteiger partial charge < -0.3 is 4.74 Å². The molecule has 7 nitrogen and oxygen atoms in total. The maximum absolute atomic E-state index is 12.4. The molecule has 0 radical (unpaired) electrons. The Morgan fingerprint density at radius 3 is 2.52 bits per heavy atom. The quantitative estimate of drug-likeness (QED) is 0.715. The molecular weight excluding hydrogens is 364 g/mol. The van der Waals surface area contributed by atoms with E-state index in [1.54, 1.807) is 25.1 Å². The number of ether oxygens (including phenoxy) is 1. The highest BCUT2D eigenvalue weighted by Gasteiger charge is 2.25. The Bertz CT molecular complexity index is 800. The molecule has 0 amide bonds.